The average molecular weight is 397 g/mol. The standard InChI is InChI=1S/C22H23NO6/c1-14(25)23-17-10-4-3-9-16(17)22(27,21(23)26)19-15-8-2-5-11-18(15)29-20(19)28-13-7-6-12-24/h2-5,8-11,19-20,24,27H,6-7,12-13H2,1H3/t19-,20+,22+/m0/s1. The van der Waals surface area contributed by atoms with Gasteiger partial charge in [0.15, 0.2) is 5.60 Å². The van der Waals surface area contributed by atoms with Crippen molar-refractivity contribution in [3.63, 3.8) is 0 Å². The number of para-hydroxylation sites is 2. The Bertz CT molecular complexity index is 944. The fourth-order valence-corrected chi connectivity index (χ4v) is 4.15. The zero-order chi connectivity index (χ0) is 20.6. The molecule has 2 aromatic rings. The number of amides is 2. The average Bonchev–Trinajstić information content (AvgIpc) is 3.19. The van der Waals surface area contributed by atoms with E-state index in [2.05, 4.69) is 0 Å². The van der Waals surface area contributed by atoms with Crippen LogP contribution in [-0.2, 0) is 19.9 Å². The molecule has 2 N–H and O–H groups in total. The lowest BCUT2D eigenvalue weighted by atomic mass is 9.78. The van der Waals surface area contributed by atoms with Gasteiger partial charge in [0.05, 0.1) is 18.2 Å². The van der Waals surface area contributed by atoms with Gasteiger partial charge in [0.1, 0.15) is 5.75 Å². The van der Waals surface area contributed by atoms with Crippen molar-refractivity contribution in [2.45, 2.75) is 37.6 Å². The van der Waals surface area contributed by atoms with Crippen molar-refractivity contribution in [3.05, 3.63) is 59.7 Å². The molecule has 0 fully saturated rings. The Morgan fingerprint density at radius 3 is 2.66 bits per heavy atom. The molecule has 0 aromatic heterocycles. The fraction of sp³-hybridized carbons (Fsp3) is 0.364. The molecule has 7 nitrogen and oxygen atoms in total. The summed E-state index contributed by atoms with van der Waals surface area (Å²) in [6.45, 7) is 1.66. The molecule has 0 unspecified atom stereocenters. The highest BCUT2D eigenvalue weighted by atomic mass is 16.7. The first-order valence-corrected chi connectivity index (χ1v) is 9.65. The minimum Gasteiger partial charge on any atom is -0.464 e. The molecule has 152 valence electrons. The molecular formula is C22H23NO6. The molecule has 0 saturated carbocycles. The van der Waals surface area contributed by atoms with Gasteiger partial charge >= 0.3 is 0 Å². The third-order valence-electron chi connectivity index (χ3n) is 5.45. The summed E-state index contributed by atoms with van der Waals surface area (Å²) in [6.07, 6.45) is 0.288. The van der Waals surface area contributed by atoms with Crippen LogP contribution in [0.4, 0.5) is 5.69 Å². The van der Waals surface area contributed by atoms with Gasteiger partial charge in [-0.2, -0.15) is 0 Å². The van der Waals surface area contributed by atoms with Gasteiger partial charge in [0.2, 0.25) is 12.2 Å². The molecule has 0 spiro atoms. The number of imide groups is 1. The zero-order valence-corrected chi connectivity index (χ0v) is 16.1. The van der Waals surface area contributed by atoms with E-state index in [9.17, 15) is 14.7 Å². The Balaban J connectivity index is 1.79. The summed E-state index contributed by atoms with van der Waals surface area (Å²) < 4.78 is 11.8. The summed E-state index contributed by atoms with van der Waals surface area (Å²) >= 11 is 0. The second-order valence-electron chi connectivity index (χ2n) is 7.25. The number of anilines is 1. The Morgan fingerprint density at radius 2 is 1.90 bits per heavy atom. The van der Waals surface area contributed by atoms with Crippen molar-refractivity contribution in [1.29, 1.82) is 0 Å². The van der Waals surface area contributed by atoms with E-state index in [1.807, 2.05) is 0 Å². The van der Waals surface area contributed by atoms with E-state index >= 15 is 0 Å². The van der Waals surface area contributed by atoms with Gasteiger partial charge in [-0.05, 0) is 25.0 Å². The summed E-state index contributed by atoms with van der Waals surface area (Å²) in [5.41, 5.74) is -0.627. The van der Waals surface area contributed by atoms with Crippen LogP contribution in [0.5, 0.6) is 5.75 Å². The normalized spacial score (nSPS) is 24.9. The number of benzene rings is 2. The lowest BCUT2D eigenvalue weighted by molar-refractivity contribution is -0.158. The molecule has 2 aliphatic rings. The summed E-state index contributed by atoms with van der Waals surface area (Å²) in [6, 6.07) is 13.9. The van der Waals surface area contributed by atoms with Crippen LogP contribution >= 0.6 is 0 Å². The van der Waals surface area contributed by atoms with E-state index in [-0.39, 0.29) is 6.61 Å². The minimum atomic E-state index is -2.00. The Morgan fingerprint density at radius 1 is 1.17 bits per heavy atom. The molecule has 0 saturated heterocycles. The van der Waals surface area contributed by atoms with Gasteiger partial charge in [-0.15, -0.1) is 0 Å². The molecule has 2 aromatic carbocycles. The molecule has 2 heterocycles. The monoisotopic (exact) mass is 397 g/mol. The number of rotatable bonds is 6. The van der Waals surface area contributed by atoms with Crippen molar-refractivity contribution in [2.24, 2.45) is 0 Å². The van der Waals surface area contributed by atoms with Crippen LogP contribution in [0.1, 0.15) is 36.8 Å². The number of ether oxygens (including phenoxy) is 2. The van der Waals surface area contributed by atoms with Crippen molar-refractivity contribution < 1.29 is 29.3 Å². The highest BCUT2D eigenvalue weighted by Gasteiger charge is 2.61. The minimum absolute atomic E-state index is 0.0574. The summed E-state index contributed by atoms with van der Waals surface area (Å²) in [4.78, 5) is 26.6. The molecule has 4 rings (SSSR count). The van der Waals surface area contributed by atoms with E-state index in [1.54, 1.807) is 48.5 Å². The molecule has 2 aliphatic heterocycles. The highest BCUT2D eigenvalue weighted by molar-refractivity contribution is 6.22. The van der Waals surface area contributed by atoms with Gasteiger partial charge in [-0.3, -0.25) is 9.59 Å². The molecule has 0 bridgehead atoms. The first kappa shape index (κ1) is 19.6. The third-order valence-corrected chi connectivity index (χ3v) is 5.45. The Kier molecular flexibility index (Phi) is 5.12. The van der Waals surface area contributed by atoms with E-state index < -0.39 is 29.6 Å². The first-order valence-electron chi connectivity index (χ1n) is 9.65. The number of carbonyl (C=O) groups is 2. The third kappa shape index (κ3) is 3.02. The van der Waals surface area contributed by atoms with Crippen LogP contribution in [0.15, 0.2) is 48.5 Å². The van der Waals surface area contributed by atoms with Crippen LogP contribution in [0.3, 0.4) is 0 Å². The van der Waals surface area contributed by atoms with E-state index in [0.29, 0.717) is 42.0 Å². The Hall–Kier alpha value is -2.74. The van der Waals surface area contributed by atoms with Gasteiger partial charge in [0.25, 0.3) is 5.91 Å². The highest BCUT2D eigenvalue weighted by Crippen LogP contribution is 2.54. The number of hydrogen-bond acceptors (Lipinski definition) is 6. The van der Waals surface area contributed by atoms with Crippen molar-refractivity contribution in [3.8, 4) is 5.75 Å². The zero-order valence-electron chi connectivity index (χ0n) is 16.1. The lowest BCUT2D eigenvalue weighted by Crippen LogP contribution is -2.49. The number of hydrogen-bond donors (Lipinski definition) is 2. The Labute approximate surface area is 168 Å². The maximum atomic E-state index is 13.4. The van der Waals surface area contributed by atoms with E-state index in [0.717, 1.165) is 4.90 Å². The van der Waals surface area contributed by atoms with Gasteiger partial charge < -0.3 is 19.7 Å². The number of fused-ring (bicyclic) bond motifs is 2. The summed E-state index contributed by atoms with van der Waals surface area (Å²) in [7, 11) is 0. The fourth-order valence-electron chi connectivity index (χ4n) is 4.15. The summed E-state index contributed by atoms with van der Waals surface area (Å²) in [5, 5.41) is 20.8. The van der Waals surface area contributed by atoms with Gasteiger partial charge in [-0.1, -0.05) is 36.4 Å². The predicted octanol–water partition coefficient (Wildman–Crippen LogP) is 2.06. The van der Waals surface area contributed by atoms with Crippen LogP contribution in [0, 0.1) is 0 Å². The number of carbonyl (C=O) groups excluding carboxylic acids is 2. The quantitative estimate of drug-likeness (QED) is 0.725. The van der Waals surface area contributed by atoms with Crippen molar-refractivity contribution >= 4 is 17.5 Å². The second-order valence-corrected chi connectivity index (χ2v) is 7.25. The van der Waals surface area contributed by atoms with Crippen molar-refractivity contribution in [1.82, 2.24) is 0 Å². The van der Waals surface area contributed by atoms with Crippen molar-refractivity contribution in [2.75, 3.05) is 18.1 Å². The molecule has 29 heavy (non-hydrogen) atoms. The number of aliphatic hydroxyl groups is 2. The second kappa shape index (κ2) is 7.59. The first-order chi connectivity index (χ1) is 14.0. The number of nitrogens with zero attached hydrogens (tertiary/aromatic N) is 1. The van der Waals surface area contributed by atoms with Gasteiger partial charge in [0, 0.05) is 24.7 Å². The summed E-state index contributed by atoms with van der Waals surface area (Å²) in [5.74, 6) is -1.48. The molecule has 3 atom stereocenters. The van der Waals surface area contributed by atoms with Crippen LogP contribution < -0.4 is 9.64 Å². The van der Waals surface area contributed by atoms with E-state index in [1.165, 1.54) is 6.92 Å². The molecule has 0 radical (unpaired) electrons. The van der Waals surface area contributed by atoms with Crippen LogP contribution in [-0.4, -0.2) is 41.5 Å². The van der Waals surface area contributed by atoms with Gasteiger partial charge in [-0.25, -0.2) is 4.90 Å². The lowest BCUT2D eigenvalue weighted by Gasteiger charge is -2.32. The topological polar surface area (TPSA) is 96.3 Å². The molecule has 7 heteroatoms. The largest absolute Gasteiger partial charge is 0.464 e. The smallest absolute Gasteiger partial charge is 0.271 e. The molecule has 2 amide bonds. The van der Waals surface area contributed by atoms with Crippen LogP contribution in [0.2, 0.25) is 0 Å². The SMILES string of the molecule is CC(=O)N1C(=O)[C@](O)([C@H]2c3ccccc3O[C@H]2OCCCCO)c2ccccc21. The molecular weight excluding hydrogens is 374 g/mol. The number of aliphatic hydroxyl groups excluding tert-OH is 1. The number of unbranched alkanes of at least 4 members (excludes halogenated alkanes) is 1. The van der Waals surface area contributed by atoms with Crippen LogP contribution in [0.25, 0.3) is 0 Å². The maximum absolute atomic E-state index is 13.4. The predicted molar refractivity (Wildman–Crippen MR) is 104 cm³/mol. The van der Waals surface area contributed by atoms with E-state index in [4.69, 9.17) is 14.6 Å². The maximum Gasteiger partial charge on any atom is 0.271 e. The molecule has 0 aliphatic carbocycles.